The van der Waals surface area contributed by atoms with Crippen molar-refractivity contribution in [3.05, 3.63) is 34.3 Å². The second-order valence-corrected chi connectivity index (χ2v) is 5.05. The Labute approximate surface area is 118 Å². The third-order valence-corrected chi connectivity index (χ3v) is 3.37. The molecule has 0 spiro atoms. The van der Waals surface area contributed by atoms with Gasteiger partial charge in [0.1, 0.15) is 0 Å². The Balaban J connectivity index is 2.99. The van der Waals surface area contributed by atoms with Crippen molar-refractivity contribution >= 4 is 23.5 Å². The van der Waals surface area contributed by atoms with E-state index in [4.69, 9.17) is 16.7 Å². The van der Waals surface area contributed by atoms with Crippen molar-refractivity contribution in [1.82, 2.24) is 4.90 Å². The number of amides is 1. The van der Waals surface area contributed by atoms with Crippen LogP contribution in [-0.2, 0) is 4.79 Å². The Hall–Kier alpha value is -1.55. The van der Waals surface area contributed by atoms with Crippen LogP contribution in [0.4, 0.5) is 0 Å². The van der Waals surface area contributed by atoms with Crippen molar-refractivity contribution in [2.24, 2.45) is 0 Å². The third kappa shape index (κ3) is 3.96. The highest BCUT2D eigenvalue weighted by atomic mass is 35.5. The first-order valence-electron chi connectivity index (χ1n) is 6.12. The zero-order valence-electron chi connectivity index (χ0n) is 11.3. The minimum atomic E-state index is -0.922. The quantitative estimate of drug-likeness (QED) is 0.904. The van der Waals surface area contributed by atoms with Gasteiger partial charge >= 0.3 is 5.97 Å². The molecule has 1 rings (SSSR count). The maximum atomic E-state index is 12.4. The summed E-state index contributed by atoms with van der Waals surface area (Å²) < 4.78 is 0. The average Bonchev–Trinajstić information content (AvgIpc) is 2.31. The van der Waals surface area contributed by atoms with E-state index in [9.17, 15) is 9.59 Å². The van der Waals surface area contributed by atoms with Crippen LogP contribution in [0.25, 0.3) is 0 Å². The Kier molecular flexibility index (Phi) is 5.36. The highest BCUT2D eigenvalue weighted by molar-refractivity contribution is 6.34. The molecule has 0 bridgehead atoms. The molecular formula is C14H18ClNO3. The molecule has 0 radical (unpaired) electrons. The molecule has 0 aliphatic carbocycles. The first kappa shape index (κ1) is 15.5. The highest BCUT2D eigenvalue weighted by Gasteiger charge is 2.22. The molecule has 1 aromatic rings. The molecule has 0 aliphatic rings. The van der Waals surface area contributed by atoms with E-state index < -0.39 is 5.97 Å². The van der Waals surface area contributed by atoms with Crippen LogP contribution in [-0.4, -0.2) is 34.5 Å². The lowest BCUT2D eigenvalue weighted by Crippen LogP contribution is -2.38. The van der Waals surface area contributed by atoms with Crippen molar-refractivity contribution in [2.75, 3.05) is 6.54 Å². The zero-order valence-corrected chi connectivity index (χ0v) is 12.1. The fourth-order valence-electron chi connectivity index (χ4n) is 1.78. The van der Waals surface area contributed by atoms with E-state index in [0.29, 0.717) is 10.6 Å². The largest absolute Gasteiger partial charge is 0.481 e. The molecule has 1 amide bonds. The maximum absolute atomic E-state index is 12.4. The fraction of sp³-hybridized carbons (Fsp3) is 0.429. The lowest BCUT2D eigenvalue weighted by atomic mass is 10.1. The van der Waals surface area contributed by atoms with Gasteiger partial charge < -0.3 is 10.0 Å². The van der Waals surface area contributed by atoms with Crippen LogP contribution in [0.2, 0.25) is 5.02 Å². The predicted molar refractivity (Wildman–Crippen MR) is 74.6 cm³/mol. The molecule has 0 aromatic heterocycles. The number of hydrogen-bond donors (Lipinski definition) is 1. The van der Waals surface area contributed by atoms with Gasteiger partial charge in [0.2, 0.25) is 0 Å². The molecule has 0 heterocycles. The summed E-state index contributed by atoms with van der Waals surface area (Å²) in [6.07, 6.45) is -0.0760. The fourth-order valence-corrected chi connectivity index (χ4v) is 1.98. The molecule has 0 fully saturated rings. The average molecular weight is 284 g/mol. The van der Waals surface area contributed by atoms with Crippen LogP contribution in [0.15, 0.2) is 18.2 Å². The van der Waals surface area contributed by atoms with Crippen LogP contribution < -0.4 is 0 Å². The SMILES string of the molecule is Cc1cccc(C(=O)N(CCC(=O)O)C(C)C)c1Cl. The summed E-state index contributed by atoms with van der Waals surface area (Å²) in [5, 5.41) is 9.16. The van der Waals surface area contributed by atoms with Gasteiger partial charge in [-0.2, -0.15) is 0 Å². The second-order valence-electron chi connectivity index (χ2n) is 4.67. The number of aryl methyl sites for hydroxylation is 1. The van der Waals surface area contributed by atoms with E-state index in [-0.39, 0.29) is 24.9 Å². The van der Waals surface area contributed by atoms with Gasteiger partial charge in [-0.3, -0.25) is 9.59 Å². The predicted octanol–water partition coefficient (Wildman–Crippen LogP) is 2.97. The summed E-state index contributed by atoms with van der Waals surface area (Å²) in [5.74, 6) is -1.15. The van der Waals surface area contributed by atoms with Gasteiger partial charge in [-0.1, -0.05) is 23.7 Å². The Morgan fingerprint density at radius 3 is 2.53 bits per heavy atom. The summed E-state index contributed by atoms with van der Waals surface area (Å²) in [4.78, 5) is 24.6. The van der Waals surface area contributed by atoms with E-state index in [1.807, 2.05) is 26.8 Å². The highest BCUT2D eigenvalue weighted by Crippen LogP contribution is 2.22. The lowest BCUT2D eigenvalue weighted by Gasteiger charge is -2.26. The molecule has 0 saturated heterocycles. The van der Waals surface area contributed by atoms with Gasteiger partial charge in [0.05, 0.1) is 17.0 Å². The molecular weight excluding hydrogens is 266 g/mol. The first-order valence-corrected chi connectivity index (χ1v) is 6.50. The molecule has 0 atom stereocenters. The van der Waals surface area contributed by atoms with Crippen LogP contribution in [0.1, 0.15) is 36.2 Å². The summed E-state index contributed by atoms with van der Waals surface area (Å²) in [6.45, 7) is 5.71. The van der Waals surface area contributed by atoms with E-state index in [1.54, 1.807) is 12.1 Å². The van der Waals surface area contributed by atoms with Crippen molar-refractivity contribution in [1.29, 1.82) is 0 Å². The van der Waals surface area contributed by atoms with Crippen molar-refractivity contribution in [3.63, 3.8) is 0 Å². The van der Waals surface area contributed by atoms with Crippen LogP contribution in [0.5, 0.6) is 0 Å². The summed E-state index contributed by atoms with van der Waals surface area (Å²) in [5.41, 5.74) is 1.25. The minimum Gasteiger partial charge on any atom is -0.481 e. The van der Waals surface area contributed by atoms with Crippen LogP contribution in [0, 0.1) is 6.92 Å². The summed E-state index contributed by atoms with van der Waals surface area (Å²) >= 11 is 6.14. The topological polar surface area (TPSA) is 57.6 Å². The second kappa shape index (κ2) is 6.57. The first-order chi connectivity index (χ1) is 8.84. The number of hydrogen-bond acceptors (Lipinski definition) is 2. The normalized spacial score (nSPS) is 10.6. The molecule has 0 unspecified atom stereocenters. The van der Waals surface area contributed by atoms with Gasteiger partial charge in [-0.25, -0.2) is 0 Å². The third-order valence-electron chi connectivity index (χ3n) is 2.87. The number of carbonyl (C=O) groups excluding carboxylic acids is 1. The van der Waals surface area contributed by atoms with Gasteiger partial charge in [0.15, 0.2) is 0 Å². The van der Waals surface area contributed by atoms with Gasteiger partial charge in [0.25, 0.3) is 5.91 Å². The smallest absolute Gasteiger partial charge is 0.305 e. The van der Waals surface area contributed by atoms with Gasteiger partial charge in [-0.15, -0.1) is 0 Å². The van der Waals surface area contributed by atoms with Crippen molar-refractivity contribution < 1.29 is 14.7 Å². The Morgan fingerprint density at radius 1 is 1.37 bits per heavy atom. The van der Waals surface area contributed by atoms with Gasteiger partial charge in [-0.05, 0) is 32.4 Å². The molecule has 19 heavy (non-hydrogen) atoms. The van der Waals surface area contributed by atoms with E-state index in [2.05, 4.69) is 0 Å². The molecule has 1 N–H and O–H groups in total. The molecule has 0 saturated carbocycles. The maximum Gasteiger partial charge on any atom is 0.305 e. The Bertz CT molecular complexity index is 486. The van der Waals surface area contributed by atoms with Crippen LogP contribution in [0.3, 0.4) is 0 Å². The van der Waals surface area contributed by atoms with E-state index in [0.717, 1.165) is 5.56 Å². The molecule has 0 aliphatic heterocycles. The molecule has 104 valence electrons. The summed E-state index contributed by atoms with van der Waals surface area (Å²) in [6, 6.07) is 5.18. The number of carboxylic acids is 1. The van der Waals surface area contributed by atoms with Gasteiger partial charge in [0, 0.05) is 12.6 Å². The number of halogens is 1. The number of aliphatic carboxylic acids is 1. The standard InChI is InChI=1S/C14H18ClNO3/c1-9(2)16(8-7-12(17)18)14(19)11-6-4-5-10(3)13(11)15/h4-6,9H,7-8H2,1-3H3,(H,17,18). The number of nitrogens with zero attached hydrogens (tertiary/aromatic N) is 1. The van der Waals surface area contributed by atoms with Crippen molar-refractivity contribution in [2.45, 2.75) is 33.2 Å². The van der Waals surface area contributed by atoms with Crippen molar-refractivity contribution in [3.8, 4) is 0 Å². The monoisotopic (exact) mass is 283 g/mol. The van der Waals surface area contributed by atoms with E-state index in [1.165, 1.54) is 4.90 Å². The molecule has 5 heteroatoms. The Morgan fingerprint density at radius 2 is 2.00 bits per heavy atom. The minimum absolute atomic E-state index is 0.0760. The molecule has 1 aromatic carbocycles. The summed E-state index contributed by atoms with van der Waals surface area (Å²) in [7, 11) is 0. The van der Waals surface area contributed by atoms with E-state index >= 15 is 0 Å². The van der Waals surface area contributed by atoms with Crippen LogP contribution >= 0.6 is 11.6 Å². The number of carboxylic acid groups (broad SMARTS) is 1. The zero-order chi connectivity index (χ0) is 14.6. The lowest BCUT2D eigenvalue weighted by molar-refractivity contribution is -0.137. The number of benzene rings is 1. The number of carbonyl (C=O) groups is 2. The molecule has 4 nitrogen and oxygen atoms in total. The number of rotatable bonds is 5.